The van der Waals surface area contributed by atoms with E-state index in [1.165, 1.54) is 24.1 Å². The van der Waals surface area contributed by atoms with E-state index >= 15 is 0 Å². The third-order valence-corrected chi connectivity index (χ3v) is 8.01. The van der Waals surface area contributed by atoms with Crippen LogP contribution < -0.4 is 10.1 Å². The highest BCUT2D eigenvalue weighted by molar-refractivity contribution is 7.89. The molecule has 3 rings (SSSR count). The van der Waals surface area contributed by atoms with Gasteiger partial charge >= 0.3 is 0 Å². The van der Waals surface area contributed by atoms with Crippen molar-refractivity contribution in [3.63, 3.8) is 0 Å². The minimum Gasteiger partial charge on any atom is -0.497 e. The second-order valence-electron chi connectivity index (χ2n) is 9.05. The minimum absolute atomic E-state index is 0.0994. The zero-order chi connectivity index (χ0) is 27.7. The fraction of sp³-hybridized carbons (Fsp3) is 0.310. The molecular weight excluding hydrogens is 502 g/mol. The molecule has 202 valence electrons. The average Bonchev–Trinajstić information content (AvgIpc) is 2.91. The second-order valence-corrected chi connectivity index (χ2v) is 11.1. The number of carbonyl (C=O) groups is 2. The van der Waals surface area contributed by atoms with Crippen LogP contribution in [0.5, 0.6) is 5.75 Å². The number of ether oxygens (including phenoxy) is 1. The van der Waals surface area contributed by atoms with E-state index in [4.69, 9.17) is 4.74 Å². The first-order valence-corrected chi connectivity index (χ1v) is 13.9. The third kappa shape index (κ3) is 7.43. The summed E-state index contributed by atoms with van der Waals surface area (Å²) in [4.78, 5) is 28.6. The molecule has 0 aromatic heterocycles. The number of hydrogen-bond donors (Lipinski definition) is 1. The molecule has 0 unspecified atom stereocenters. The second kappa shape index (κ2) is 13.2. The number of likely N-dealkylation sites (N-methyl/N-ethyl adjacent to an activating group) is 2. The molecular formula is C29H35N3O5S. The van der Waals surface area contributed by atoms with Crippen molar-refractivity contribution in [1.82, 2.24) is 14.5 Å². The van der Waals surface area contributed by atoms with Gasteiger partial charge in [-0.3, -0.25) is 9.59 Å². The van der Waals surface area contributed by atoms with Crippen LogP contribution in [0.4, 0.5) is 0 Å². The number of aryl methyl sites for hydroxylation is 1. The predicted molar refractivity (Wildman–Crippen MR) is 147 cm³/mol. The summed E-state index contributed by atoms with van der Waals surface area (Å²) in [5.74, 6) is -0.179. The van der Waals surface area contributed by atoms with Gasteiger partial charge in [0.25, 0.3) is 0 Å². The number of nitrogens with zero attached hydrogens (tertiary/aromatic N) is 2. The zero-order valence-corrected chi connectivity index (χ0v) is 23.1. The molecule has 0 bridgehead atoms. The molecule has 2 amide bonds. The van der Waals surface area contributed by atoms with Crippen molar-refractivity contribution in [1.29, 1.82) is 0 Å². The van der Waals surface area contributed by atoms with Crippen LogP contribution in [0.1, 0.15) is 23.6 Å². The predicted octanol–water partition coefficient (Wildman–Crippen LogP) is 3.40. The fourth-order valence-corrected chi connectivity index (χ4v) is 5.19. The van der Waals surface area contributed by atoms with E-state index < -0.39 is 28.5 Å². The molecule has 1 atom stereocenters. The Labute approximate surface area is 225 Å². The Kier molecular flexibility index (Phi) is 10.0. The van der Waals surface area contributed by atoms with Gasteiger partial charge in [-0.05, 0) is 49.2 Å². The van der Waals surface area contributed by atoms with E-state index in [9.17, 15) is 18.0 Å². The molecule has 0 fully saturated rings. The summed E-state index contributed by atoms with van der Waals surface area (Å²) >= 11 is 0. The maximum Gasteiger partial charge on any atom is 0.243 e. The van der Waals surface area contributed by atoms with Crippen LogP contribution in [0, 0.1) is 6.92 Å². The molecule has 9 heteroatoms. The standard InChI is InChI=1S/C29H35N3O5S/c1-5-30-29(34)27(19-23-10-7-6-8-11-23)32(20-24-12-9-13-25(18-24)37-4)28(33)21-31(3)38(35,36)26-16-14-22(2)15-17-26/h6-18,27H,5,19-21H2,1-4H3,(H,30,34)/t27-/m1/s1. The van der Waals surface area contributed by atoms with Crippen LogP contribution in [0.25, 0.3) is 0 Å². The molecule has 1 N–H and O–H groups in total. The number of benzene rings is 3. The van der Waals surface area contributed by atoms with Crippen LogP contribution in [0.3, 0.4) is 0 Å². The number of sulfonamides is 1. The lowest BCUT2D eigenvalue weighted by atomic mass is 10.0. The lowest BCUT2D eigenvalue weighted by molar-refractivity contribution is -0.141. The maximum absolute atomic E-state index is 13.8. The number of nitrogens with one attached hydrogen (secondary N) is 1. The lowest BCUT2D eigenvalue weighted by Gasteiger charge is -2.32. The molecule has 0 aliphatic heterocycles. The van der Waals surface area contributed by atoms with E-state index in [0.717, 1.165) is 21.0 Å². The Morgan fingerprint density at radius 2 is 1.61 bits per heavy atom. The van der Waals surface area contributed by atoms with Crippen molar-refractivity contribution in [2.24, 2.45) is 0 Å². The van der Waals surface area contributed by atoms with Crippen molar-refractivity contribution >= 4 is 21.8 Å². The van der Waals surface area contributed by atoms with Gasteiger partial charge in [0.15, 0.2) is 0 Å². The van der Waals surface area contributed by atoms with E-state index in [1.54, 1.807) is 31.4 Å². The van der Waals surface area contributed by atoms with Crippen LogP contribution in [-0.2, 0) is 32.6 Å². The quantitative estimate of drug-likeness (QED) is 0.382. The number of methoxy groups -OCH3 is 1. The highest BCUT2D eigenvalue weighted by atomic mass is 32.2. The van der Waals surface area contributed by atoms with Crippen LogP contribution >= 0.6 is 0 Å². The summed E-state index contributed by atoms with van der Waals surface area (Å²) < 4.78 is 32.8. The van der Waals surface area contributed by atoms with Gasteiger partial charge in [0.05, 0.1) is 18.6 Å². The smallest absolute Gasteiger partial charge is 0.243 e. The number of carbonyl (C=O) groups excluding carboxylic acids is 2. The van der Waals surface area contributed by atoms with Crippen molar-refractivity contribution in [2.75, 3.05) is 27.2 Å². The maximum atomic E-state index is 13.8. The van der Waals surface area contributed by atoms with E-state index in [2.05, 4.69) is 5.32 Å². The van der Waals surface area contributed by atoms with Gasteiger partial charge in [-0.15, -0.1) is 0 Å². The van der Waals surface area contributed by atoms with E-state index in [0.29, 0.717) is 12.3 Å². The van der Waals surface area contributed by atoms with Crippen LogP contribution in [0.15, 0.2) is 83.8 Å². The fourth-order valence-electron chi connectivity index (χ4n) is 4.07. The molecule has 0 saturated carbocycles. The summed E-state index contributed by atoms with van der Waals surface area (Å²) in [6, 6.07) is 22.3. The number of amides is 2. The average molecular weight is 538 g/mol. The van der Waals surface area contributed by atoms with Crippen molar-refractivity contribution in [3.8, 4) is 5.75 Å². The molecule has 0 aliphatic carbocycles. The molecule has 0 aliphatic rings. The highest BCUT2D eigenvalue weighted by Gasteiger charge is 2.32. The third-order valence-electron chi connectivity index (χ3n) is 6.20. The topological polar surface area (TPSA) is 96.0 Å². The normalized spacial score (nSPS) is 12.1. The molecule has 0 spiro atoms. The summed E-state index contributed by atoms with van der Waals surface area (Å²) in [5, 5.41) is 2.83. The van der Waals surface area contributed by atoms with Crippen LogP contribution in [0.2, 0.25) is 0 Å². The first kappa shape index (κ1) is 28.9. The highest BCUT2D eigenvalue weighted by Crippen LogP contribution is 2.20. The molecule has 0 saturated heterocycles. The summed E-state index contributed by atoms with van der Waals surface area (Å²) in [6.07, 6.45) is 0.275. The van der Waals surface area contributed by atoms with Gasteiger partial charge in [-0.1, -0.05) is 60.2 Å². The van der Waals surface area contributed by atoms with Gasteiger partial charge in [0.1, 0.15) is 11.8 Å². The SMILES string of the molecule is CCNC(=O)[C@@H](Cc1ccccc1)N(Cc1cccc(OC)c1)C(=O)CN(C)S(=O)(=O)c1ccc(C)cc1. The number of hydrogen-bond acceptors (Lipinski definition) is 5. The Hall–Kier alpha value is -3.69. The Morgan fingerprint density at radius 3 is 2.24 bits per heavy atom. The molecule has 0 heterocycles. The Balaban J connectivity index is 1.96. The van der Waals surface area contributed by atoms with E-state index in [1.807, 2.05) is 56.3 Å². The van der Waals surface area contributed by atoms with Gasteiger partial charge in [-0.2, -0.15) is 4.31 Å². The van der Waals surface area contributed by atoms with Crippen molar-refractivity contribution in [2.45, 2.75) is 37.8 Å². The first-order valence-electron chi connectivity index (χ1n) is 12.4. The Morgan fingerprint density at radius 1 is 0.947 bits per heavy atom. The molecule has 3 aromatic carbocycles. The van der Waals surface area contributed by atoms with E-state index in [-0.39, 0.29) is 23.8 Å². The van der Waals surface area contributed by atoms with Gasteiger partial charge < -0.3 is 15.0 Å². The monoisotopic (exact) mass is 537 g/mol. The summed E-state index contributed by atoms with van der Waals surface area (Å²) in [7, 11) is -0.992. The zero-order valence-electron chi connectivity index (χ0n) is 22.3. The summed E-state index contributed by atoms with van der Waals surface area (Å²) in [5.41, 5.74) is 2.56. The largest absolute Gasteiger partial charge is 0.497 e. The number of rotatable bonds is 12. The Bertz CT molecular complexity index is 1330. The summed E-state index contributed by atoms with van der Waals surface area (Å²) in [6.45, 7) is 3.75. The molecule has 0 radical (unpaired) electrons. The lowest BCUT2D eigenvalue weighted by Crippen LogP contribution is -2.53. The van der Waals surface area contributed by atoms with Gasteiger partial charge in [0.2, 0.25) is 21.8 Å². The minimum atomic E-state index is -3.92. The first-order chi connectivity index (χ1) is 18.1. The van der Waals surface area contributed by atoms with Crippen molar-refractivity contribution in [3.05, 3.63) is 95.6 Å². The molecule has 3 aromatic rings. The molecule has 38 heavy (non-hydrogen) atoms. The van der Waals surface area contributed by atoms with Crippen molar-refractivity contribution < 1.29 is 22.7 Å². The van der Waals surface area contributed by atoms with Gasteiger partial charge in [0, 0.05) is 26.6 Å². The van der Waals surface area contributed by atoms with Gasteiger partial charge in [-0.25, -0.2) is 8.42 Å². The molecule has 8 nitrogen and oxygen atoms in total. The van der Waals surface area contributed by atoms with Crippen LogP contribution in [-0.4, -0.2) is 62.7 Å².